The number of alkyl halides is 2. The second kappa shape index (κ2) is 3.49. The zero-order valence-electron chi connectivity index (χ0n) is 7.57. The first-order valence-corrected chi connectivity index (χ1v) is 5.63. The average Bonchev–Trinajstić information content (AvgIpc) is 1.80. The van der Waals surface area contributed by atoms with Crippen LogP contribution in [0.2, 0.25) is 0 Å². The van der Waals surface area contributed by atoms with Gasteiger partial charge in [0.25, 0.3) is 10.0 Å². The molecule has 1 saturated heterocycles. The molecule has 13 heavy (non-hydrogen) atoms. The minimum absolute atomic E-state index is 0.230. The fraction of sp³-hybridized carbons (Fsp3) is 1.00. The predicted octanol–water partition coefficient (Wildman–Crippen LogP) is 1.13. The van der Waals surface area contributed by atoms with Crippen molar-refractivity contribution in [1.82, 2.24) is 4.31 Å². The van der Waals surface area contributed by atoms with E-state index < -0.39 is 15.8 Å². The molecule has 0 saturated carbocycles. The summed E-state index contributed by atoms with van der Waals surface area (Å²) < 4.78 is 46.5. The van der Waals surface area contributed by atoms with Crippen LogP contribution in [0.5, 0.6) is 0 Å². The van der Waals surface area contributed by atoms with Gasteiger partial charge in [0.2, 0.25) is 0 Å². The van der Waals surface area contributed by atoms with Gasteiger partial charge in [-0.1, -0.05) is 13.8 Å². The Balaban J connectivity index is 2.53. The molecule has 0 N–H and O–H groups in total. The summed E-state index contributed by atoms with van der Waals surface area (Å²) >= 11 is 0. The molecule has 0 spiro atoms. The molecule has 6 heteroatoms. The van der Waals surface area contributed by atoms with Crippen LogP contribution in [0.3, 0.4) is 0 Å². The van der Waals surface area contributed by atoms with Gasteiger partial charge in [-0.15, -0.1) is 0 Å². The molecular formula is C7H13F2NO2S. The van der Waals surface area contributed by atoms with Crippen molar-refractivity contribution in [2.24, 2.45) is 11.8 Å². The summed E-state index contributed by atoms with van der Waals surface area (Å²) in [6.07, 6.45) is 0. The third-order valence-electron chi connectivity index (χ3n) is 2.40. The molecule has 78 valence electrons. The van der Waals surface area contributed by atoms with E-state index in [9.17, 15) is 17.2 Å². The first-order chi connectivity index (χ1) is 5.85. The Hall–Kier alpha value is -0.230. The Morgan fingerprint density at radius 2 is 1.77 bits per heavy atom. The van der Waals surface area contributed by atoms with E-state index in [-0.39, 0.29) is 19.0 Å². The van der Waals surface area contributed by atoms with Crippen LogP contribution in [0.25, 0.3) is 0 Å². The van der Waals surface area contributed by atoms with E-state index in [2.05, 4.69) is 0 Å². The molecule has 0 radical (unpaired) electrons. The lowest BCUT2D eigenvalue weighted by atomic mass is 9.91. The van der Waals surface area contributed by atoms with Gasteiger partial charge in [0.15, 0.2) is 0 Å². The molecule has 0 bridgehead atoms. The Kier molecular flexibility index (Phi) is 2.91. The van der Waals surface area contributed by atoms with Gasteiger partial charge in [0, 0.05) is 13.1 Å². The number of sulfonamides is 1. The third-order valence-corrected chi connectivity index (χ3v) is 3.87. The normalized spacial score (nSPS) is 21.1. The van der Waals surface area contributed by atoms with Gasteiger partial charge in [-0.05, 0) is 11.8 Å². The van der Waals surface area contributed by atoms with Crippen LogP contribution in [0, 0.1) is 11.8 Å². The number of rotatable bonds is 3. The Morgan fingerprint density at radius 1 is 1.31 bits per heavy atom. The highest BCUT2D eigenvalue weighted by Crippen LogP contribution is 2.28. The van der Waals surface area contributed by atoms with Crippen LogP contribution >= 0.6 is 0 Å². The summed E-state index contributed by atoms with van der Waals surface area (Å²) in [5.41, 5.74) is 0. The van der Waals surface area contributed by atoms with Crippen LogP contribution in [0.4, 0.5) is 8.78 Å². The quantitative estimate of drug-likeness (QED) is 0.704. The number of nitrogens with zero attached hydrogens (tertiary/aromatic N) is 1. The second-order valence-corrected chi connectivity index (χ2v) is 5.53. The van der Waals surface area contributed by atoms with Gasteiger partial charge in [-0.25, -0.2) is 8.42 Å². The molecule has 0 amide bonds. The minimum atomic E-state index is -4.31. The van der Waals surface area contributed by atoms with Gasteiger partial charge in [-0.3, -0.25) is 0 Å². The van der Waals surface area contributed by atoms with Gasteiger partial charge in [0.05, 0.1) is 0 Å². The van der Waals surface area contributed by atoms with Crippen molar-refractivity contribution in [1.29, 1.82) is 0 Å². The molecule has 3 nitrogen and oxygen atoms in total. The van der Waals surface area contributed by atoms with Crippen molar-refractivity contribution < 1.29 is 17.2 Å². The molecule has 1 rings (SSSR count). The monoisotopic (exact) mass is 213 g/mol. The van der Waals surface area contributed by atoms with Gasteiger partial charge >= 0.3 is 5.76 Å². The van der Waals surface area contributed by atoms with E-state index in [1.54, 1.807) is 0 Å². The summed E-state index contributed by atoms with van der Waals surface area (Å²) in [4.78, 5) is 0. The molecule has 0 aliphatic carbocycles. The average molecular weight is 213 g/mol. The minimum Gasteiger partial charge on any atom is -0.206 e. The summed E-state index contributed by atoms with van der Waals surface area (Å²) in [6.45, 7) is 4.39. The Labute approximate surface area is 76.8 Å². The largest absolute Gasteiger partial charge is 0.350 e. The highest BCUT2D eigenvalue weighted by molar-refractivity contribution is 7.89. The molecule has 0 unspecified atom stereocenters. The highest BCUT2D eigenvalue weighted by atomic mass is 32.2. The van der Waals surface area contributed by atoms with E-state index in [0.717, 1.165) is 4.31 Å². The number of hydrogen-bond donors (Lipinski definition) is 0. The molecule has 1 aliphatic rings. The van der Waals surface area contributed by atoms with E-state index in [0.29, 0.717) is 5.92 Å². The second-order valence-electron chi connectivity index (χ2n) is 3.63. The Bertz CT molecular complexity index is 270. The maximum atomic E-state index is 12.0. The standard InChI is InChI=1S/C7H13F2NO2S/c1-5(2)6-3-10(4-6)13(11,12)7(8)9/h5-7H,3-4H2,1-2H3. The molecule has 0 aromatic heterocycles. The predicted molar refractivity (Wildman–Crippen MR) is 44.8 cm³/mol. The molecule has 1 aliphatic heterocycles. The molecule has 0 aromatic carbocycles. The third kappa shape index (κ3) is 1.99. The smallest absolute Gasteiger partial charge is 0.206 e. The van der Waals surface area contributed by atoms with Gasteiger partial charge in [0.1, 0.15) is 0 Å². The molecule has 0 atom stereocenters. The van der Waals surface area contributed by atoms with Gasteiger partial charge < -0.3 is 0 Å². The van der Waals surface area contributed by atoms with Crippen molar-refractivity contribution in [2.45, 2.75) is 19.6 Å². The van der Waals surface area contributed by atoms with Crippen LogP contribution < -0.4 is 0 Å². The van der Waals surface area contributed by atoms with E-state index >= 15 is 0 Å². The number of hydrogen-bond acceptors (Lipinski definition) is 2. The summed E-state index contributed by atoms with van der Waals surface area (Å²) in [5.74, 6) is -2.70. The fourth-order valence-electron chi connectivity index (χ4n) is 1.21. The zero-order chi connectivity index (χ0) is 10.2. The topological polar surface area (TPSA) is 37.4 Å². The van der Waals surface area contributed by atoms with Crippen LogP contribution in [-0.2, 0) is 10.0 Å². The first kappa shape index (κ1) is 10.8. The Morgan fingerprint density at radius 3 is 2.08 bits per heavy atom. The maximum Gasteiger partial charge on any atom is 0.350 e. The van der Waals surface area contributed by atoms with E-state index in [1.165, 1.54) is 0 Å². The molecular weight excluding hydrogens is 200 g/mol. The van der Waals surface area contributed by atoms with Crippen LogP contribution in [0.1, 0.15) is 13.8 Å². The van der Waals surface area contributed by atoms with Crippen molar-refractivity contribution in [2.75, 3.05) is 13.1 Å². The molecule has 1 heterocycles. The fourth-order valence-corrected chi connectivity index (χ4v) is 2.24. The number of halogens is 2. The summed E-state index contributed by atoms with van der Waals surface area (Å²) in [5, 5.41) is 0. The van der Waals surface area contributed by atoms with Crippen molar-refractivity contribution in [3.63, 3.8) is 0 Å². The zero-order valence-corrected chi connectivity index (χ0v) is 8.39. The molecule has 1 fully saturated rings. The van der Waals surface area contributed by atoms with Crippen LogP contribution in [0.15, 0.2) is 0 Å². The van der Waals surface area contributed by atoms with E-state index in [1.807, 2.05) is 13.8 Å². The van der Waals surface area contributed by atoms with Crippen molar-refractivity contribution in [3.8, 4) is 0 Å². The van der Waals surface area contributed by atoms with Gasteiger partial charge in [-0.2, -0.15) is 13.1 Å². The first-order valence-electron chi connectivity index (χ1n) is 4.13. The van der Waals surface area contributed by atoms with E-state index in [4.69, 9.17) is 0 Å². The van der Waals surface area contributed by atoms with Crippen molar-refractivity contribution >= 4 is 10.0 Å². The maximum absolute atomic E-state index is 12.0. The molecule has 0 aromatic rings. The lowest BCUT2D eigenvalue weighted by Gasteiger charge is -2.39. The summed E-state index contributed by atoms with van der Waals surface area (Å²) in [7, 11) is -4.31. The van der Waals surface area contributed by atoms with Crippen LogP contribution in [-0.4, -0.2) is 31.6 Å². The lowest BCUT2D eigenvalue weighted by molar-refractivity contribution is 0.134. The SMILES string of the molecule is CC(C)C1CN(S(=O)(=O)C(F)F)C1. The highest BCUT2D eigenvalue weighted by Gasteiger charge is 2.41. The summed E-state index contributed by atoms with van der Waals surface area (Å²) in [6, 6.07) is 0. The lowest BCUT2D eigenvalue weighted by Crippen LogP contribution is -2.53. The van der Waals surface area contributed by atoms with Crippen molar-refractivity contribution in [3.05, 3.63) is 0 Å².